The summed E-state index contributed by atoms with van der Waals surface area (Å²) in [5.41, 5.74) is -2.22. The fourth-order valence-electron chi connectivity index (χ4n) is 6.96. The van der Waals surface area contributed by atoms with Crippen LogP contribution in [-0.2, 0) is 4.79 Å². The van der Waals surface area contributed by atoms with Gasteiger partial charge < -0.3 is 25.7 Å². The molecule has 0 unspecified atom stereocenters. The van der Waals surface area contributed by atoms with Gasteiger partial charge in [0.25, 0.3) is 0 Å². The van der Waals surface area contributed by atoms with Gasteiger partial charge in [-0.1, -0.05) is 212 Å². The predicted molar refractivity (Wildman–Crippen MR) is 214 cm³/mol. The monoisotopic (exact) mass is 710 g/mol. The second kappa shape index (κ2) is 37.8. The zero-order chi connectivity index (χ0) is 36.8. The Hall–Kier alpha value is -0.950. The van der Waals surface area contributed by atoms with Crippen molar-refractivity contribution >= 4 is 5.91 Å². The molecule has 0 aromatic heterocycles. The Morgan fingerprint density at radius 3 is 1.28 bits per heavy atom. The molecule has 3 atom stereocenters. The van der Waals surface area contributed by atoms with E-state index < -0.39 is 30.4 Å². The van der Waals surface area contributed by atoms with Crippen LogP contribution in [0.1, 0.15) is 239 Å². The molecule has 0 saturated heterocycles. The third-order valence-electron chi connectivity index (χ3n) is 10.5. The minimum atomic E-state index is -2.22. The first-order valence-electron chi connectivity index (χ1n) is 22.1. The van der Waals surface area contributed by atoms with Gasteiger partial charge in [0.15, 0.2) is 5.72 Å². The van der Waals surface area contributed by atoms with E-state index in [1.807, 2.05) is 0 Å². The predicted octanol–water partition coefficient (Wildman–Crippen LogP) is 11.8. The summed E-state index contributed by atoms with van der Waals surface area (Å²) in [4.78, 5) is 12.4. The summed E-state index contributed by atoms with van der Waals surface area (Å²) in [5, 5.41) is 43.9. The number of aliphatic hydroxyl groups excluding tert-OH is 3. The van der Waals surface area contributed by atoms with E-state index in [1.165, 1.54) is 173 Å². The van der Waals surface area contributed by atoms with Gasteiger partial charge in [0.1, 0.15) is 6.10 Å². The SMILES string of the molecule is CCC/C=C/CCCCCCCCCCCCCCCCCCCCC[C@@H](O)[C@H](O)[C@@](O)(CO)NC(=O)CCCCCCCCCCCCC. The van der Waals surface area contributed by atoms with E-state index in [9.17, 15) is 25.2 Å². The van der Waals surface area contributed by atoms with Crippen molar-refractivity contribution in [1.82, 2.24) is 5.32 Å². The van der Waals surface area contributed by atoms with Crippen LogP contribution in [0.5, 0.6) is 0 Å². The zero-order valence-electron chi connectivity index (χ0n) is 33.5. The number of carbonyl (C=O) groups excluding carboxylic acids is 1. The molecule has 1 amide bonds. The average molecular weight is 710 g/mol. The van der Waals surface area contributed by atoms with E-state index in [0.717, 1.165) is 32.1 Å². The highest BCUT2D eigenvalue weighted by atomic mass is 16.4. The first-order valence-corrected chi connectivity index (χ1v) is 22.1. The van der Waals surface area contributed by atoms with Crippen LogP contribution < -0.4 is 5.32 Å². The van der Waals surface area contributed by atoms with Gasteiger partial charge in [0, 0.05) is 6.42 Å². The van der Waals surface area contributed by atoms with Gasteiger partial charge in [-0.25, -0.2) is 0 Å². The van der Waals surface area contributed by atoms with Crippen molar-refractivity contribution in [2.75, 3.05) is 6.61 Å². The van der Waals surface area contributed by atoms with Crippen LogP contribution in [0.15, 0.2) is 12.2 Å². The lowest BCUT2D eigenvalue weighted by molar-refractivity contribution is -0.172. The second-order valence-electron chi connectivity index (χ2n) is 15.5. The van der Waals surface area contributed by atoms with Crippen molar-refractivity contribution in [3.8, 4) is 0 Å². The quantitative estimate of drug-likeness (QED) is 0.0247. The highest BCUT2D eigenvalue weighted by molar-refractivity contribution is 5.76. The van der Waals surface area contributed by atoms with Crippen molar-refractivity contribution in [3.63, 3.8) is 0 Å². The van der Waals surface area contributed by atoms with Crippen LogP contribution in [0.25, 0.3) is 0 Å². The molecule has 0 aliphatic heterocycles. The van der Waals surface area contributed by atoms with Crippen LogP contribution in [0.2, 0.25) is 0 Å². The van der Waals surface area contributed by atoms with Crippen LogP contribution >= 0.6 is 0 Å². The highest BCUT2D eigenvalue weighted by Gasteiger charge is 2.40. The summed E-state index contributed by atoms with van der Waals surface area (Å²) in [6.07, 6.45) is 43.8. The number of rotatable bonds is 40. The Kier molecular flexibility index (Phi) is 37.1. The number of hydrogen-bond acceptors (Lipinski definition) is 5. The smallest absolute Gasteiger partial charge is 0.222 e. The Morgan fingerprint density at radius 1 is 0.520 bits per heavy atom. The minimum absolute atomic E-state index is 0.237. The number of amides is 1. The molecule has 6 heteroatoms. The molecule has 0 heterocycles. The van der Waals surface area contributed by atoms with Gasteiger partial charge in [-0.2, -0.15) is 0 Å². The van der Waals surface area contributed by atoms with E-state index in [2.05, 4.69) is 31.3 Å². The molecule has 0 aromatic rings. The van der Waals surface area contributed by atoms with E-state index in [4.69, 9.17) is 0 Å². The first kappa shape index (κ1) is 49.0. The molecule has 0 bridgehead atoms. The largest absolute Gasteiger partial charge is 0.391 e. The summed E-state index contributed by atoms with van der Waals surface area (Å²) < 4.78 is 0. The maximum atomic E-state index is 12.4. The lowest BCUT2D eigenvalue weighted by atomic mass is 9.96. The number of unbranched alkanes of at least 4 members (excludes halogenated alkanes) is 30. The van der Waals surface area contributed by atoms with Gasteiger partial charge in [-0.15, -0.1) is 0 Å². The fraction of sp³-hybridized carbons (Fsp3) is 0.932. The van der Waals surface area contributed by atoms with Gasteiger partial charge in [0.05, 0.1) is 12.7 Å². The van der Waals surface area contributed by atoms with Crippen molar-refractivity contribution in [2.45, 2.75) is 257 Å². The first-order chi connectivity index (χ1) is 24.4. The Balaban J connectivity index is 3.64. The van der Waals surface area contributed by atoms with Crippen molar-refractivity contribution in [1.29, 1.82) is 0 Å². The molecule has 0 saturated carbocycles. The molecule has 0 rings (SSSR count). The number of allylic oxidation sites excluding steroid dienone is 2. The van der Waals surface area contributed by atoms with Gasteiger partial charge in [0.2, 0.25) is 5.91 Å². The van der Waals surface area contributed by atoms with Crippen LogP contribution in [0.3, 0.4) is 0 Å². The van der Waals surface area contributed by atoms with E-state index in [-0.39, 0.29) is 6.42 Å². The maximum absolute atomic E-state index is 12.4. The number of aliphatic hydroxyl groups is 4. The molecule has 0 aliphatic carbocycles. The lowest BCUT2D eigenvalue weighted by Gasteiger charge is -2.34. The van der Waals surface area contributed by atoms with Gasteiger partial charge >= 0.3 is 0 Å². The topological polar surface area (TPSA) is 110 Å². The highest BCUT2D eigenvalue weighted by Crippen LogP contribution is 2.19. The molecule has 298 valence electrons. The van der Waals surface area contributed by atoms with Gasteiger partial charge in [-0.3, -0.25) is 4.79 Å². The molecule has 0 radical (unpaired) electrons. The Labute approximate surface area is 311 Å². The summed E-state index contributed by atoms with van der Waals surface area (Å²) >= 11 is 0. The summed E-state index contributed by atoms with van der Waals surface area (Å²) in [6, 6.07) is 0. The molecule has 5 N–H and O–H groups in total. The Bertz CT molecular complexity index is 731. The second-order valence-corrected chi connectivity index (χ2v) is 15.5. The van der Waals surface area contributed by atoms with E-state index in [1.54, 1.807) is 0 Å². The zero-order valence-corrected chi connectivity index (χ0v) is 33.5. The molecule has 0 spiro atoms. The van der Waals surface area contributed by atoms with Crippen LogP contribution in [0, 0.1) is 0 Å². The Morgan fingerprint density at radius 2 is 0.880 bits per heavy atom. The third kappa shape index (κ3) is 31.8. The minimum Gasteiger partial charge on any atom is -0.391 e. The standard InChI is InChI=1S/C44H87NO5/c1-3-5-7-9-11-13-15-16-17-18-19-20-21-22-23-24-25-26-27-29-30-32-34-36-38-41(47)43(49)44(50,40-46)45-42(48)39-37-35-33-31-28-14-12-10-8-6-4-2/h7,9,41,43,46-47,49-50H,3-6,8,10-40H2,1-2H3,(H,45,48)/b9-7+/t41-,43+,44+/m1/s1. The molecular weight excluding hydrogens is 622 g/mol. The number of hydrogen-bond donors (Lipinski definition) is 5. The van der Waals surface area contributed by atoms with Crippen molar-refractivity contribution in [3.05, 3.63) is 12.2 Å². The number of carbonyl (C=O) groups is 1. The van der Waals surface area contributed by atoms with Crippen molar-refractivity contribution < 1.29 is 25.2 Å². The molecule has 0 aromatic carbocycles. The molecular formula is C44H87NO5. The maximum Gasteiger partial charge on any atom is 0.222 e. The summed E-state index contributed by atoms with van der Waals surface area (Å²) in [5.74, 6) is -0.405. The molecule has 0 fully saturated rings. The fourth-order valence-corrected chi connectivity index (χ4v) is 6.96. The normalized spacial score (nSPS) is 14.3. The van der Waals surface area contributed by atoms with Crippen molar-refractivity contribution in [2.24, 2.45) is 0 Å². The van der Waals surface area contributed by atoms with E-state index in [0.29, 0.717) is 12.8 Å². The lowest BCUT2D eigenvalue weighted by Crippen LogP contribution is -2.62. The van der Waals surface area contributed by atoms with E-state index >= 15 is 0 Å². The summed E-state index contributed by atoms with van der Waals surface area (Å²) in [7, 11) is 0. The van der Waals surface area contributed by atoms with Crippen LogP contribution in [0.4, 0.5) is 0 Å². The summed E-state index contributed by atoms with van der Waals surface area (Å²) in [6.45, 7) is 3.63. The average Bonchev–Trinajstić information content (AvgIpc) is 3.11. The molecule has 6 nitrogen and oxygen atoms in total. The molecule has 50 heavy (non-hydrogen) atoms. The number of nitrogens with one attached hydrogen (secondary N) is 1. The van der Waals surface area contributed by atoms with Gasteiger partial charge in [-0.05, 0) is 32.1 Å². The van der Waals surface area contributed by atoms with Crippen LogP contribution in [-0.4, -0.2) is 50.9 Å². The third-order valence-corrected chi connectivity index (χ3v) is 10.5. The molecule has 0 aliphatic rings.